The molecule has 0 spiro atoms. The lowest BCUT2D eigenvalue weighted by Crippen LogP contribution is -2.15. The van der Waals surface area contributed by atoms with E-state index < -0.39 is 0 Å². The Morgan fingerprint density at radius 2 is 1.67 bits per heavy atom. The summed E-state index contributed by atoms with van der Waals surface area (Å²) in [5, 5.41) is 0. The Morgan fingerprint density at radius 1 is 1.08 bits per heavy atom. The molecule has 2 rings (SSSR count). The summed E-state index contributed by atoms with van der Waals surface area (Å²) >= 11 is 0. The standard InChI is InChI=1S/C12H22/c1-10-3-5-11(6-4-10)9-12(2)7-8-12/h10-11H,3-9H2,1-2H3. The highest BCUT2D eigenvalue weighted by Crippen LogP contribution is 2.52. The molecule has 0 atom stereocenters. The fourth-order valence-corrected chi connectivity index (χ4v) is 2.65. The van der Waals surface area contributed by atoms with Crippen molar-refractivity contribution in [1.29, 1.82) is 0 Å². The van der Waals surface area contributed by atoms with Crippen LogP contribution in [0.5, 0.6) is 0 Å². The Bertz CT molecular complexity index is 147. The molecule has 70 valence electrons. The fraction of sp³-hybridized carbons (Fsp3) is 1.00. The van der Waals surface area contributed by atoms with E-state index in [1.165, 1.54) is 38.5 Å². The van der Waals surface area contributed by atoms with Crippen molar-refractivity contribution < 1.29 is 0 Å². The van der Waals surface area contributed by atoms with Crippen LogP contribution >= 0.6 is 0 Å². The molecular formula is C12H22. The summed E-state index contributed by atoms with van der Waals surface area (Å²) in [6, 6.07) is 0. The Kier molecular flexibility index (Phi) is 2.18. The topological polar surface area (TPSA) is 0 Å². The number of rotatable bonds is 2. The summed E-state index contributed by atoms with van der Waals surface area (Å²) in [4.78, 5) is 0. The molecule has 0 bridgehead atoms. The van der Waals surface area contributed by atoms with Gasteiger partial charge in [-0.25, -0.2) is 0 Å². The largest absolute Gasteiger partial charge is 0.0625 e. The third kappa shape index (κ3) is 2.02. The Morgan fingerprint density at radius 3 is 2.17 bits per heavy atom. The van der Waals surface area contributed by atoms with Gasteiger partial charge in [-0.05, 0) is 36.5 Å². The van der Waals surface area contributed by atoms with E-state index >= 15 is 0 Å². The van der Waals surface area contributed by atoms with Gasteiger partial charge in [0.1, 0.15) is 0 Å². The first-order valence-electron chi connectivity index (χ1n) is 5.68. The normalized spacial score (nSPS) is 39.5. The average molecular weight is 166 g/mol. The van der Waals surface area contributed by atoms with Gasteiger partial charge in [-0.1, -0.05) is 39.5 Å². The van der Waals surface area contributed by atoms with Crippen LogP contribution in [-0.4, -0.2) is 0 Å². The van der Waals surface area contributed by atoms with Crippen LogP contribution in [0.4, 0.5) is 0 Å². The van der Waals surface area contributed by atoms with Crippen molar-refractivity contribution >= 4 is 0 Å². The lowest BCUT2D eigenvalue weighted by Gasteiger charge is -2.28. The summed E-state index contributed by atoms with van der Waals surface area (Å²) in [5.74, 6) is 2.11. The molecule has 0 aromatic heterocycles. The van der Waals surface area contributed by atoms with Gasteiger partial charge in [0.05, 0.1) is 0 Å². The molecule has 0 aliphatic heterocycles. The summed E-state index contributed by atoms with van der Waals surface area (Å²) in [6.07, 6.45) is 10.6. The average Bonchev–Trinajstić information content (AvgIpc) is 2.74. The van der Waals surface area contributed by atoms with Crippen LogP contribution in [-0.2, 0) is 0 Å². The summed E-state index contributed by atoms with van der Waals surface area (Å²) in [5.41, 5.74) is 0.797. The highest BCUT2D eigenvalue weighted by atomic mass is 14.4. The van der Waals surface area contributed by atoms with Gasteiger partial charge < -0.3 is 0 Å². The van der Waals surface area contributed by atoms with Gasteiger partial charge in [0.25, 0.3) is 0 Å². The number of hydrogen-bond donors (Lipinski definition) is 0. The van der Waals surface area contributed by atoms with E-state index in [2.05, 4.69) is 13.8 Å². The quantitative estimate of drug-likeness (QED) is 0.581. The third-order valence-electron chi connectivity index (χ3n) is 4.02. The smallest absolute Gasteiger partial charge is 0.0323 e. The van der Waals surface area contributed by atoms with Gasteiger partial charge in [0.15, 0.2) is 0 Å². The molecule has 0 radical (unpaired) electrons. The van der Waals surface area contributed by atoms with Crippen LogP contribution in [0.15, 0.2) is 0 Å². The highest BCUT2D eigenvalue weighted by Gasteiger charge is 2.39. The Hall–Kier alpha value is 0. The van der Waals surface area contributed by atoms with Gasteiger partial charge in [-0.3, -0.25) is 0 Å². The maximum atomic E-state index is 2.48. The van der Waals surface area contributed by atoms with Crippen LogP contribution in [0.25, 0.3) is 0 Å². The van der Waals surface area contributed by atoms with E-state index in [1.54, 1.807) is 6.42 Å². The van der Waals surface area contributed by atoms with Crippen molar-refractivity contribution in [3.05, 3.63) is 0 Å². The van der Waals surface area contributed by atoms with Crippen molar-refractivity contribution in [1.82, 2.24) is 0 Å². The van der Waals surface area contributed by atoms with Crippen LogP contribution in [0, 0.1) is 17.3 Å². The van der Waals surface area contributed by atoms with Gasteiger partial charge in [0, 0.05) is 0 Å². The van der Waals surface area contributed by atoms with Crippen molar-refractivity contribution in [2.24, 2.45) is 17.3 Å². The molecule has 12 heavy (non-hydrogen) atoms. The molecule has 2 aliphatic rings. The second-order valence-corrected chi connectivity index (χ2v) is 5.64. The van der Waals surface area contributed by atoms with Crippen molar-refractivity contribution in [3.8, 4) is 0 Å². The first-order valence-corrected chi connectivity index (χ1v) is 5.68. The van der Waals surface area contributed by atoms with Crippen LogP contribution < -0.4 is 0 Å². The molecule has 0 aromatic rings. The maximum Gasteiger partial charge on any atom is -0.0323 e. The summed E-state index contributed by atoms with van der Waals surface area (Å²) < 4.78 is 0. The first kappa shape index (κ1) is 8.59. The molecule has 0 nitrogen and oxygen atoms in total. The molecule has 0 saturated heterocycles. The molecule has 2 fully saturated rings. The van der Waals surface area contributed by atoms with Gasteiger partial charge in [-0.15, -0.1) is 0 Å². The first-order chi connectivity index (χ1) is 5.68. The summed E-state index contributed by atoms with van der Waals surface area (Å²) in [7, 11) is 0. The van der Waals surface area contributed by atoms with E-state index in [1.807, 2.05) is 0 Å². The molecule has 0 heterocycles. The fourth-order valence-electron chi connectivity index (χ4n) is 2.65. The maximum absolute atomic E-state index is 2.48. The van der Waals surface area contributed by atoms with Crippen molar-refractivity contribution in [3.63, 3.8) is 0 Å². The SMILES string of the molecule is CC1CCC(CC2(C)CC2)CC1. The van der Waals surface area contributed by atoms with Crippen LogP contribution in [0.2, 0.25) is 0 Å². The minimum atomic E-state index is 0.797. The van der Waals surface area contributed by atoms with E-state index in [0.29, 0.717) is 0 Å². The second-order valence-electron chi connectivity index (χ2n) is 5.64. The molecule has 0 aromatic carbocycles. The van der Waals surface area contributed by atoms with Crippen LogP contribution in [0.1, 0.15) is 58.8 Å². The molecule has 2 saturated carbocycles. The van der Waals surface area contributed by atoms with Crippen molar-refractivity contribution in [2.75, 3.05) is 0 Å². The molecule has 0 heteroatoms. The van der Waals surface area contributed by atoms with Gasteiger partial charge in [0.2, 0.25) is 0 Å². The van der Waals surface area contributed by atoms with E-state index in [4.69, 9.17) is 0 Å². The highest BCUT2D eigenvalue weighted by molar-refractivity contribution is 4.91. The predicted octanol–water partition coefficient (Wildman–Crippen LogP) is 4.00. The molecule has 0 amide bonds. The molecule has 0 unspecified atom stereocenters. The van der Waals surface area contributed by atoms with Gasteiger partial charge in [-0.2, -0.15) is 0 Å². The summed E-state index contributed by atoms with van der Waals surface area (Å²) in [6.45, 7) is 4.89. The zero-order valence-electron chi connectivity index (χ0n) is 8.60. The number of hydrogen-bond acceptors (Lipinski definition) is 0. The second kappa shape index (κ2) is 3.05. The Balaban J connectivity index is 1.75. The third-order valence-corrected chi connectivity index (χ3v) is 4.02. The zero-order chi connectivity index (χ0) is 8.60. The molecule has 0 N–H and O–H groups in total. The zero-order valence-corrected chi connectivity index (χ0v) is 8.60. The van der Waals surface area contributed by atoms with E-state index in [9.17, 15) is 0 Å². The van der Waals surface area contributed by atoms with E-state index in [-0.39, 0.29) is 0 Å². The predicted molar refractivity (Wildman–Crippen MR) is 53.1 cm³/mol. The van der Waals surface area contributed by atoms with Crippen LogP contribution in [0.3, 0.4) is 0 Å². The molecular weight excluding hydrogens is 144 g/mol. The lowest BCUT2D eigenvalue weighted by molar-refractivity contribution is 0.244. The molecule has 2 aliphatic carbocycles. The minimum absolute atomic E-state index is 0.797. The monoisotopic (exact) mass is 166 g/mol. The van der Waals surface area contributed by atoms with E-state index in [0.717, 1.165) is 17.3 Å². The lowest BCUT2D eigenvalue weighted by atomic mass is 9.78. The van der Waals surface area contributed by atoms with Crippen molar-refractivity contribution in [2.45, 2.75) is 58.8 Å². The van der Waals surface area contributed by atoms with Gasteiger partial charge >= 0.3 is 0 Å². The minimum Gasteiger partial charge on any atom is -0.0625 e. The Labute approximate surface area is 76.7 Å².